The molecule has 0 amide bonds. The van der Waals surface area contributed by atoms with Gasteiger partial charge in [0.15, 0.2) is 5.76 Å². The van der Waals surface area contributed by atoms with Crippen molar-refractivity contribution in [1.82, 2.24) is 19.6 Å². The molecule has 0 saturated heterocycles. The van der Waals surface area contributed by atoms with E-state index in [4.69, 9.17) is 4.42 Å². The summed E-state index contributed by atoms with van der Waals surface area (Å²) in [5.41, 5.74) is 3.34. The van der Waals surface area contributed by atoms with Crippen LogP contribution in [0, 0.1) is 13.8 Å². The lowest BCUT2D eigenvalue weighted by molar-refractivity contribution is 0.577. The highest BCUT2D eigenvalue weighted by atomic mass is 16.3. The zero-order valence-electron chi connectivity index (χ0n) is 13.5. The molecule has 120 valence electrons. The van der Waals surface area contributed by atoms with Gasteiger partial charge in [-0.25, -0.2) is 4.98 Å². The van der Waals surface area contributed by atoms with E-state index in [2.05, 4.69) is 51.6 Å². The average molecular weight is 319 g/mol. The van der Waals surface area contributed by atoms with Crippen LogP contribution in [0.15, 0.2) is 53.1 Å². The summed E-state index contributed by atoms with van der Waals surface area (Å²) in [7, 11) is 0. The van der Waals surface area contributed by atoms with Gasteiger partial charge in [0.1, 0.15) is 5.82 Å². The van der Waals surface area contributed by atoms with Crippen LogP contribution < -0.4 is 5.32 Å². The van der Waals surface area contributed by atoms with Gasteiger partial charge in [0, 0.05) is 18.3 Å². The third kappa shape index (κ3) is 2.74. The molecule has 0 aliphatic heterocycles. The molecule has 4 rings (SSSR count). The van der Waals surface area contributed by atoms with Gasteiger partial charge in [0.25, 0.3) is 5.78 Å². The number of nitrogens with one attached hydrogen (secondary N) is 1. The fraction of sp³-hybridized carbons (Fsp3) is 0.167. The first-order valence-corrected chi connectivity index (χ1v) is 7.77. The third-order valence-electron chi connectivity index (χ3n) is 3.78. The molecule has 3 heterocycles. The smallest absolute Gasteiger partial charge is 0.254 e. The Morgan fingerprint density at radius 1 is 1.08 bits per heavy atom. The highest BCUT2D eigenvalue weighted by molar-refractivity contribution is 5.53. The second kappa shape index (κ2) is 5.81. The predicted molar refractivity (Wildman–Crippen MR) is 91.7 cm³/mol. The molecule has 0 aliphatic rings. The maximum atomic E-state index is 5.37. The van der Waals surface area contributed by atoms with E-state index in [1.54, 1.807) is 10.8 Å². The Balaban J connectivity index is 1.67. The van der Waals surface area contributed by atoms with Crippen molar-refractivity contribution in [1.29, 1.82) is 0 Å². The SMILES string of the molecule is Cc1ccc(CNc2cc(C)nc3nc(-c4ccco4)nn23)cc1. The van der Waals surface area contributed by atoms with E-state index >= 15 is 0 Å². The third-order valence-corrected chi connectivity index (χ3v) is 3.78. The summed E-state index contributed by atoms with van der Waals surface area (Å²) in [6, 6.07) is 14.1. The standard InChI is InChI=1S/C18H17N5O/c1-12-5-7-14(8-6-12)11-19-16-10-13(2)20-18-21-17(22-23(16)18)15-4-3-9-24-15/h3-10,19H,11H2,1-2H3. The Hall–Kier alpha value is -3.15. The highest BCUT2D eigenvalue weighted by Crippen LogP contribution is 2.19. The van der Waals surface area contributed by atoms with Crippen molar-refractivity contribution in [3.63, 3.8) is 0 Å². The van der Waals surface area contributed by atoms with Gasteiger partial charge in [-0.15, -0.1) is 5.10 Å². The van der Waals surface area contributed by atoms with E-state index in [9.17, 15) is 0 Å². The van der Waals surface area contributed by atoms with Crippen molar-refractivity contribution in [3.8, 4) is 11.6 Å². The van der Waals surface area contributed by atoms with Gasteiger partial charge in [0.05, 0.1) is 6.26 Å². The molecule has 0 saturated carbocycles. The fourth-order valence-corrected chi connectivity index (χ4v) is 2.52. The summed E-state index contributed by atoms with van der Waals surface area (Å²) in [4.78, 5) is 8.89. The number of furan rings is 1. The number of aryl methyl sites for hydroxylation is 2. The van der Waals surface area contributed by atoms with Crippen LogP contribution in [0.25, 0.3) is 17.4 Å². The minimum atomic E-state index is 0.525. The van der Waals surface area contributed by atoms with Gasteiger partial charge in [-0.3, -0.25) is 0 Å². The first kappa shape index (κ1) is 14.4. The Bertz CT molecular complexity index is 971. The van der Waals surface area contributed by atoms with Crippen molar-refractivity contribution >= 4 is 11.6 Å². The van der Waals surface area contributed by atoms with Crippen molar-refractivity contribution in [2.45, 2.75) is 20.4 Å². The Labute approximate surface area is 139 Å². The maximum absolute atomic E-state index is 5.37. The lowest BCUT2D eigenvalue weighted by Gasteiger charge is -2.09. The molecule has 0 atom stereocenters. The van der Waals surface area contributed by atoms with E-state index in [0.29, 0.717) is 23.9 Å². The van der Waals surface area contributed by atoms with Crippen molar-refractivity contribution < 1.29 is 4.42 Å². The average Bonchev–Trinajstić information content (AvgIpc) is 3.23. The topological polar surface area (TPSA) is 68.2 Å². The number of hydrogen-bond donors (Lipinski definition) is 1. The number of anilines is 1. The second-order valence-electron chi connectivity index (χ2n) is 5.75. The minimum Gasteiger partial charge on any atom is -0.461 e. The predicted octanol–water partition coefficient (Wildman–Crippen LogP) is 3.61. The Morgan fingerprint density at radius 3 is 2.67 bits per heavy atom. The summed E-state index contributed by atoms with van der Waals surface area (Å²) in [5, 5.41) is 7.92. The van der Waals surface area contributed by atoms with E-state index in [-0.39, 0.29) is 0 Å². The zero-order chi connectivity index (χ0) is 16.5. The van der Waals surface area contributed by atoms with Crippen LogP contribution >= 0.6 is 0 Å². The second-order valence-corrected chi connectivity index (χ2v) is 5.75. The Kier molecular flexibility index (Phi) is 3.49. The lowest BCUT2D eigenvalue weighted by atomic mass is 10.1. The summed E-state index contributed by atoms with van der Waals surface area (Å²) in [6.07, 6.45) is 1.61. The molecular weight excluding hydrogens is 302 g/mol. The summed E-state index contributed by atoms with van der Waals surface area (Å²) < 4.78 is 7.08. The molecule has 0 unspecified atom stereocenters. The number of nitrogens with zero attached hydrogens (tertiary/aromatic N) is 4. The van der Waals surface area contributed by atoms with Crippen LogP contribution in [0.3, 0.4) is 0 Å². The molecule has 0 bridgehead atoms. The van der Waals surface area contributed by atoms with Gasteiger partial charge in [-0.2, -0.15) is 9.50 Å². The van der Waals surface area contributed by atoms with Gasteiger partial charge >= 0.3 is 0 Å². The van der Waals surface area contributed by atoms with Gasteiger partial charge in [-0.1, -0.05) is 29.8 Å². The summed E-state index contributed by atoms with van der Waals surface area (Å²) in [6.45, 7) is 4.73. The monoisotopic (exact) mass is 319 g/mol. The normalized spacial score (nSPS) is 11.1. The number of hydrogen-bond acceptors (Lipinski definition) is 5. The van der Waals surface area contributed by atoms with Crippen molar-refractivity contribution in [3.05, 3.63) is 65.5 Å². The molecule has 1 aromatic carbocycles. The maximum Gasteiger partial charge on any atom is 0.254 e. The highest BCUT2D eigenvalue weighted by Gasteiger charge is 2.13. The van der Waals surface area contributed by atoms with Crippen LogP contribution in [-0.2, 0) is 6.54 Å². The van der Waals surface area contributed by atoms with E-state index in [1.165, 1.54) is 11.1 Å². The minimum absolute atomic E-state index is 0.525. The summed E-state index contributed by atoms with van der Waals surface area (Å²) in [5.74, 6) is 2.55. The first-order valence-electron chi connectivity index (χ1n) is 7.77. The van der Waals surface area contributed by atoms with Crippen LogP contribution in [0.5, 0.6) is 0 Å². The van der Waals surface area contributed by atoms with E-state index in [1.807, 2.05) is 25.1 Å². The summed E-state index contributed by atoms with van der Waals surface area (Å²) >= 11 is 0. The van der Waals surface area contributed by atoms with Crippen LogP contribution in [-0.4, -0.2) is 19.6 Å². The van der Waals surface area contributed by atoms with Crippen LogP contribution in [0.4, 0.5) is 5.82 Å². The van der Waals surface area contributed by atoms with E-state index < -0.39 is 0 Å². The largest absolute Gasteiger partial charge is 0.461 e. The molecule has 0 fully saturated rings. The van der Waals surface area contributed by atoms with Gasteiger partial charge < -0.3 is 9.73 Å². The molecular formula is C18H17N5O. The zero-order valence-corrected chi connectivity index (χ0v) is 13.5. The molecule has 6 nitrogen and oxygen atoms in total. The molecule has 0 aliphatic carbocycles. The molecule has 0 spiro atoms. The Morgan fingerprint density at radius 2 is 1.92 bits per heavy atom. The quantitative estimate of drug-likeness (QED) is 0.622. The molecule has 4 aromatic rings. The van der Waals surface area contributed by atoms with Gasteiger partial charge in [0.2, 0.25) is 5.82 Å². The molecule has 24 heavy (non-hydrogen) atoms. The van der Waals surface area contributed by atoms with Crippen molar-refractivity contribution in [2.75, 3.05) is 5.32 Å². The van der Waals surface area contributed by atoms with Crippen LogP contribution in [0.1, 0.15) is 16.8 Å². The number of fused-ring (bicyclic) bond motifs is 1. The molecule has 1 N–H and O–H groups in total. The van der Waals surface area contributed by atoms with E-state index in [0.717, 1.165) is 11.5 Å². The van der Waals surface area contributed by atoms with Crippen molar-refractivity contribution in [2.24, 2.45) is 0 Å². The number of rotatable bonds is 4. The number of benzene rings is 1. The lowest BCUT2D eigenvalue weighted by Crippen LogP contribution is -2.07. The van der Waals surface area contributed by atoms with Crippen LogP contribution in [0.2, 0.25) is 0 Å². The molecule has 6 heteroatoms. The van der Waals surface area contributed by atoms with Gasteiger partial charge in [-0.05, 0) is 31.5 Å². The molecule has 0 radical (unpaired) electrons. The number of aromatic nitrogens is 4. The molecule has 3 aromatic heterocycles. The first-order chi connectivity index (χ1) is 11.7. The fourth-order valence-electron chi connectivity index (χ4n) is 2.52.